The number of nitrogens with one attached hydrogen (secondary N) is 1. The molecule has 5 nitrogen and oxygen atoms in total. The second kappa shape index (κ2) is 9.42. The molecule has 3 fully saturated rings. The van der Waals surface area contributed by atoms with E-state index >= 15 is 0 Å². The smallest absolute Gasteiger partial charge is 0.193 e. The quantitative estimate of drug-likeness (QED) is 0.359. The molecule has 23 heavy (non-hydrogen) atoms. The predicted octanol–water partition coefficient (Wildman–Crippen LogP) is 2.02. The number of guanidine groups is 1. The molecular weight excluding hydrogens is 403 g/mol. The first-order valence-electron chi connectivity index (χ1n) is 9.00. The van der Waals surface area contributed by atoms with Gasteiger partial charge in [-0.05, 0) is 38.0 Å². The van der Waals surface area contributed by atoms with E-state index in [0.717, 1.165) is 50.8 Å². The van der Waals surface area contributed by atoms with Crippen LogP contribution in [-0.4, -0.2) is 75.3 Å². The summed E-state index contributed by atoms with van der Waals surface area (Å²) in [6, 6.07) is 0.873. The molecule has 0 bridgehead atoms. The van der Waals surface area contributed by atoms with E-state index in [9.17, 15) is 0 Å². The molecule has 2 saturated carbocycles. The van der Waals surface area contributed by atoms with E-state index in [0.29, 0.717) is 5.92 Å². The first-order valence-corrected chi connectivity index (χ1v) is 9.00. The second-order valence-electron chi connectivity index (χ2n) is 7.25. The molecule has 3 aliphatic rings. The van der Waals surface area contributed by atoms with Gasteiger partial charge in [-0.25, -0.2) is 0 Å². The Morgan fingerprint density at radius 2 is 1.91 bits per heavy atom. The number of hydrogen-bond donors (Lipinski definition) is 1. The van der Waals surface area contributed by atoms with Gasteiger partial charge in [-0.2, -0.15) is 0 Å². The molecule has 0 amide bonds. The van der Waals surface area contributed by atoms with Gasteiger partial charge >= 0.3 is 0 Å². The van der Waals surface area contributed by atoms with Crippen molar-refractivity contribution in [2.24, 2.45) is 16.8 Å². The fourth-order valence-corrected chi connectivity index (χ4v) is 3.39. The van der Waals surface area contributed by atoms with Gasteiger partial charge in [-0.1, -0.05) is 0 Å². The van der Waals surface area contributed by atoms with Crippen molar-refractivity contribution in [3.05, 3.63) is 0 Å². The zero-order chi connectivity index (χ0) is 15.4. The van der Waals surface area contributed by atoms with E-state index in [1.54, 1.807) is 0 Å². The zero-order valence-corrected chi connectivity index (χ0v) is 17.0. The Bertz CT molecular complexity index is 379. The fourth-order valence-electron chi connectivity index (χ4n) is 3.39. The van der Waals surface area contributed by atoms with Crippen LogP contribution in [0.5, 0.6) is 0 Å². The van der Waals surface area contributed by atoms with E-state index in [-0.39, 0.29) is 24.0 Å². The van der Waals surface area contributed by atoms with Crippen molar-refractivity contribution < 1.29 is 4.74 Å². The molecule has 134 valence electrons. The standard InChI is InChI=1S/C17H32N4O.HI/c1-18-17(20(2)11-15-7-10-22-13-15)19-8-9-21(16-5-6-16)12-14-3-4-14;/h14-16H,3-13H2,1-2H3,(H,18,19);1H. The van der Waals surface area contributed by atoms with Crippen LogP contribution in [0.1, 0.15) is 32.1 Å². The van der Waals surface area contributed by atoms with Crippen LogP contribution in [0, 0.1) is 11.8 Å². The monoisotopic (exact) mass is 436 g/mol. The first-order chi connectivity index (χ1) is 10.8. The number of ether oxygens (including phenoxy) is 1. The van der Waals surface area contributed by atoms with Gasteiger partial charge < -0.3 is 15.0 Å². The minimum atomic E-state index is 0. The van der Waals surface area contributed by atoms with Crippen LogP contribution in [0.25, 0.3) is 0 Å². The molecule has 1 saturated heterocycles. The topological polar surface area (TPSA) is 40.1 Å². The maximum atomic E-state index is 5.47. The number of hydrogen-bond acceptors (Lipinski definition) is 3. The summed E-state index contributed by atoms with van der Waals surface area (Å²) in [7, 11) is 4.02. The van der Waals surface area contributed by atoms with Gasteiger partial charge in [0.15, 0.2) is 5.96 Å². The summed E-state index contributed by atoms with van der Waals surface area (Å²) in [4.78, 5) is 9.38. The van der Waals surface area contributed by atoms with Crippen molar-refractivity contribution in [2.75, 3.05) is 53.5 Å². The summed E-state index contributed by atoms with van der Waals surface area (Å²) < 4.78 is 5.47. The van der Waals surface area contributed by atoms with Gasteiger partial charge in [-0.15, -0.1) is 24.0 Å². The van der Waals surface area contributed by atoms with E-state index in [4.69, 9.17) is 4.74 Å². The molecule has 1 unspecified atom stereocenters. The molecule has 0 aromatic heterocycles. The average Bonchev–Trinajstić information content (AvgIpc) is 3.43. The highest BCUT2D eigenvalue weighted by atomic mass is 127. The summed E-state index contributed by atoms with van der Waals surface area (Å²) in [5, 5.41) is 3.54. The van der Waals surface area contributed by atoms with Crippen LogP contribution in [0.15, 0.2) is 4.99 Å². The van der Waals surface area contributed by atoms with Crippen LogP contribution >= 0.6 is 24.0 Å². The Morgan fingerprint density at radius 1 is 1.13 bits per heavy atom. The normalized spacial score (nSPS) is 24.7. The molecule has 0 aromatic carbocycles. The summed E-state index contributed by atoms with van der Waals surface area (Å²) >= 11 is 0. The van der Waals surface area contributed by atoms with Crippen molar-refractivity contribution in [1.82, 2.24) is 15.1 Å². The summed E-state index contributed by atoms with van der Waals surface area (Å²) in [6.07, 6.45) is 6.89. The van der Waals surface area contributed by atoms with Gasteiger partial charge in [0.1, 0.15) is 0 Å². The minimum absolute atomic E-state index is 0. The fraction of sp³-hybridized carbons (Fsp3) is 0.941. The Kier molecular flexibility index (Phi) is 7.88. The molecule has 2 aliphatic carbocycles. The number of halogens is 1. The highest BCUT2D eigenvalue weighted by Gasteiger charge is 2.33. The highest BCUT2D eigenvalue weighted by Crippen LogP contribution is 2.34. The predicted molar refractivity (Wildman–Crippen MR) is 106 cm³/mol. The van der Waals surface area contributed by atoms with Crippen LogP contribution in [-0.2, 0) is 4.74 Å². The Balaban J connectivity index is 0.00000192. The maximum absolute atomic E-state index is 5.47. The summed E-state index contributed by atoms with van der Waals surface area (Å²) in [5.41, 5.74) is 0. The van der Waals surface area contributed by atoms with E-state index in [1.807, 2.05) is 7.05 Å². The van der Waals surface area contributed by atoms with Crippen molar-refractivity contribution in [1.29, 1.82) is 0 Å². The number of nitrogens with zero attached hydrogens (tertiary/aromatic N) is 3. The molecule has 1 atom stereocenters. The van der Waals surface area contributed by atoms with Crippen molar-refractivity contribution >= 4 is 29.9 Å². The van der Waals surface area contributed by atoms with Crippen LogP contribution in [0.4, 0.5) is 0 Å². The lowest BCUT2D eigenvalue weighted by Gasteiger charge is -2.26. The molecular formula is C17H33IN4O. The van der Waals surface area contributed by atoms with Gasteiger partial charge in [-0.3, -0.25) is 9.89 Å². The van der Waals surface area contributed by atoms with E-state index in [2.05, 4.69) is 27.2 Å². The largest absolute Gasteiger partial charge is 0.381 e. The third-order valence-electron chi connectivity index (χ3n) is 5.06. The highest BCUT2D eigenvalue weighted by molar-refractivity contribution is 14.0. The molecule has 0 radical (unpaired) electrons. The Morgan fingerprint density at radius 3 is 2.48 bits per heavy atom. The molecule has 3 rings (SSSR count). The second-order valence-corrected chi connectivity index (χ2v) is 7.25. The van der Waals surface area contributed by atoms with Gasteiger partial charge in [0, 0.05) is 58.8 Å². The van der Waals surface area contributed by atoms with E-state index in [1.165, 1.54) is 38.6 Å². The van der Waals surface area contributed by atoms with Gasteiger partial charge in [0.2, 0.25) is 0 Å². The minimum Gasteiger partial charge on any atom is -0.381 e. The summed E-state index contributed by atoms with van der Waals surface area (Å²) in [6.45, 7) is 6.33. The van der Waals surface area contributed by atoms with Crippen molar-refractivity contribution in [3.8, 4) is 0 Å². The van der Waals surface area contributed by atoms with Gasteiger partial charge in [0.25, 0.3) is 0 Å². The molecule has 1 aliphatic heterocycles. The lowest BCUT2D eigenvalue weighted by molar-refractivity contribution is 0.181. The Hall–Kier alpha value is -0.0800. The van der Waals surface area contributed by atoms with Gasteiger partial charge in [0.05, 0.1) is 6.61 Å². The SMILES string of the molecule is CN=C(NCCN(CC1CC1)C1CC1)N(C)CC1CCOC1.I. The van der Waals surface area contributed by atoms with E-state index < -0.39 is 0 Å². The molecule has 0 aromatic rings. The third-order valence-corrected chi connectivity index (χ3v) is 5.06. The Labute approximate surface area is 158 Å². The molecule has 6 heteroatoms. The zero-order valence-electron chi connectivity index (χ0n) is 14.7. The maximum Gasteiger partial charge on any atom is 0.193 e. The number of aliphatic imine (C=N–C) groups is 1. The van der Waals surface area contributed by atoms with Crippen molar-refractivity contribution in [3.63, 3.8) is 0 Å². The lowest BCUT2D eigenvalue weighted by atomic mass is 10.1. The third kappa shape index (κ3) is 6.38. The van der Waals surface area contributed by atoms with Crippen molar-refractivity contribution in [2.45, 2.75) is 38.1 Å². The van der Waals surface area contributed by atoms with Crippen LogP contribution in [0.2, 0.25) is 0 Å². The lowest BCUT2D eigenvalue weighted by Crippen LogP contribution is -2.44. The van der Waals surface area contributed by atoms with Crippen LogP contribution < -0.4 is 5.32 Å². The molecule has 1 heterocycles. The van der Waals surface area contributed by atoms with Crippen LogP contribution in [0.3, 0.4) is 0 Å². The molecule has 0 spiro atoms. The summed E-state index contributed by atoms with van der Waals surface area (Å²) in [5.74, 6) is 2.67. The number of rotatable bonds is 8. The average molecular weight is 436 g/mol. The first kappa shape index (κ1) is 19.2. The molecule has 1 N–H and O–H groups in total.